The van der Waals surface area contributed by atoms with E-state index in [0.717, 1.165) is 19.3 Å². The van der Waals surface area contributed by atoms with Crippen molar-refractivity contribution in [3.8, 4) is 0 Å². The first kappa shape index (κ1) is 20.3. The van der Waals surface area contributed by atoms with E-state index in [4.69, 9.17) is 9.84 Å². The first-order valence-corrected chi connectivity index (χ1v) is 8.51. The van der Waals surface area contributed by atoms with Gasteiger partial charge in [-0.05, 0) is 18.9 Å². The molecule has 1 fully saturated rings. The summed E-state index contributed by atoms with van der Waals surface area (Å²) < 4.78 is 5.31. The molecule has 5 atom stereocenters. The number of rotatable bonds is 10. The Balaban J connectivity index is 2.35. The highest BCUT2D eigenvalue weighted by Crippen LogP contribution is 2.23. The van der Waals surface area contributed by atoms with Gasteiger partial charge in [0.2, 0.25) is 0 Å². The molecule has 6 nitrogen and oxygen atoms in total. The fraction of sp³-hybridized carbons (Fsp3) is 0.824. The summed E-state index contributed by atoms with van der Waals surface area (Å²) in [5.41, 5.74) is 0. The van der Waals surface area contributed by atoms with Gasteiger partial charge < -0.3 is 25.2 Å². The van der Waals surface area contributed by atoms with E-state index in [2.05, 4.69) is 6.92 Å². The second-order valence-corrected chi connectivity index (χ2v) is 6.14. The lowest BCUT2D eigenvalue weighted by Gasteiger charge is -2.39. The maximum atomic E-state index is 11.9. The Morgan fingerprint density at radius 2 is 1.65 bits per heavy atom. The number of ketones is 1. The van der Waals surface area contributed by atoms with Crippen molar-refractivity contribution >= 4 is 5.78 Å². The molecule has 0 aromatic rings. The Morgan fingerprint density at radius 3 is 2.30 bits per heavy atom. The van der Waals surface area contributed by atoms with Crippen LogP contribution in [-0.4, -0.2) is 63.3 Å². The third-order valence-corrected chi connectivity index (χ3v) is 4.17. The molecule has 1 aliphatic rings. The van der Waals surface area contributed by atoms with Crippen LogP contribution in [0.25, 0.3) is 0 Å². The molecule has 1 aliphatic heterocycles. The van der Waals surface area contributed by atoms with Gasteiger partial charge >= 0.3 is 0 Å². The third kappa shape index (κ3) is 6.69. The van der Waals surface area contributed by atoms with Crippen LogP contribution in [0, 0.1) is 0 Å². The van der Waals surface area contributed by atoms with Gasteiger partial charge in [0.05, 0.1) is 12.7 Å². The highest BCUT2D eigenvalue weighted by molar-refractivity contribution is 5.90. The van der Waals surface area contributed by atoms with E-state index in [1.807, 2.05) is 6.08 Å². The lowest BCUT2D eigenvalue weighted by atomic mass is 9.92. The van der Waals surface area contributed by atoms with Crippen molar-refractivity contribution in [1.82, 2.24) is 0 Å². The molecule has 4 N–H and O–H groups in total. The summed E-state index contributed by atoms with van der Waals surface area (Å²) in [5, 5.41) is 38.3. The molecule has 0 aromatic carbocycles. The second-order valence-electron chi connectivity index (χ2n) is 6.14. The average molecular weight is 330 g/mol. The monoisotopic (exact) mass is 330 g/mol. The van der Waals surface area contributed by atoms with Gasteiger partial charge in [0.15, 0.2) is 5.78 Å². The minimum absolute atomic E-state index is 0.0895. The summed E-state index contributed by atoms with van der Waals surface area (Å²) in [5.74, 6) is -0.206. The Labute approximate surface area is 137 Å². The molecular formula is C17H30O6. The molecule has 2 unspecified atom stereocenters. The summed E-state index contributed by atoms with van der Waals surface area (Å²) in [7, 11) is 0. The first-order chi connectivity index (χ1) is 11.0. The number of aliphatic hydroxyl groups is 4. The van der Waals surface area contributed by atoms with Gasteiger partial charge in [0.25, 0.3) is 0 Å². The lowest BCUT2D eigenvalue weighted by molar-refractivity contribution is -0.229. The maximum Gasteiger partial charge on any atom is 0.158 e. The van der Waals surface area contributed by atoms with E-state index in [0.29, 0.717) is 0 Å². The Kier molecular flexibility index (Phi) is 9.59. The van der Waals surface area contributed by atoms with Crippen molar-refractivity contribution in [3.05, 3.63) is 12.2 Å². The van der Waals surface area contributed by atoms with Gasteiger partial charge in [-0.3, -0.25) is 4.79 Å². The van der Waals surface area contributed by atoms with E-state index in [1.165, 1.54) is 25.3 Å². The quantitative estimate of drug-likeness (QED) is 0.347. The summed E-state index contributed by atoms with van der Waals surface area (Å²) in [6.07, 6.45) is 3.83. The van der Waals surface area contributed by atoms with E-state index >= 15 is 0 Å². The summed E-state index contributed by atoms with van der Waals surface area (Å²) in [6.45, 7) is 1.68. The van der Waals surface area contributed by atoms with Crippen LogP contribution in [0.15, 0.2) is 12.2 Å². The van der Waals surface area contributed by atoms with Crippen molar-refractivity contribution in [2.75, 3.05) is 6.61 Å². The Bertz CT molecular complexity index is 368. The Hall–Kier alpha value is -0.790. The molecule has 1 saturated heterocycles. The number of ether oxygens (including phenoxy) is 1. The maximum absolute atomic E-state index is 11.9. The van der Waals surface area contributed by atoms with E-state index in [-0.39, 0.29) is 12.2 Å². The fourth-order valence-corrected chi connectivity index (χ4v) is 2.69. The van der Waals surface area contributed by atoms with E-state index in [9.17, 15) is 20.1 Å². The van der Waals surface area contributed by atoms with Crippen molar-refractivity contribution in [2.24, 2.45) is 0 Å². The Morgan fingerprint density at radius 1 is 1.00 bits per heavy atom. The fourth-order valence-electron chi connectivity index (χ4n) is 2.69. The topological polar surface area (TPSA) is 107 Å². The molecule has 0 bridgehead atoms. The van der Waals surface area contributed by atoms with Gasteiger partial charge in [0.1, 0.15) is 24.4 Å². The zero-order chi connectivity index (χ0) is 17.2. The first-order valence-electron chi connectivity index (χ1n) is 8.51. The number of unbranched alkanes of at least 4 members (excludes halogenated alkanes) is 5. The molecular weight excluding hydrogens is 300 g/mol. The van der Waals surface area contributed by atoms with Crippen LogP contribution in [0.5, 0.6) is 0 Å². The highest BCUT2D eigenvalue weighted by atomic mass is 16.5. The van der Waals surface area contributed by atoms with Gasteiger partial charge in [-0.15, -0.1) is 0 Å². The molecule has 0 aromatic heterocycles. The van der Waals surface area contributed by atoms with Crippen LogP contribution in [0.3, 0.4) is 0 Å². The molecule has 0 amide bonds. The largest absolute Gasteiger partial charge is 0.394 e. The predicted molar refractivity (Wildman–Crippen MR) is 85.9 cm³/mol. The number of carbonyl (C=O) groups is 1. The highest BCUT2D eigenvalue weighted by Gasteiger charge is 2.43. The molecule has 1 rings (SSSR count). The standard InChI is InChI=1S/C17H30O6/c1-2-3-4-5-6-7-8-9-12(19)10-13-15(20)17(22)16(21)14(11-18)23-13/h8-9,13-18,20-22H,2-7,10-11H2,1H3/b9-8+/t13-,14?,15?,16+,17+/m0/s1. The van der Waals surface area contributed by atoms with Crippen LogP contribution in [0.2, 0.25) is 0 Å². The number of carbonyl (C=O) groups excluding carboxylic acids is 1. The molecule has 0 saturated carbocycles. The van der Waals surface area contributed by atoms with Gasteiger partial charge in [-0.1, -0.05) is 38.7 Å². The van der Waals surface area contributed by atoms with Crippen LogP contribution in [-0.2, 0) is 9.53 Å². The zero-order valence-electron chi connectivity index (χ0n) is 13.8. The molecule has 0 radical (unpaired) electrons. The van der Waals surface area contributed by atoms with Crippen molar-refractivity contribution in [3.63, 3.8) is 0 Å². The van der Waals surface area contributed by atoms with Crippen LogP contribution in [0.4, 0.5) is 0 Å². The van der Waals surface area contributed by atoms with Crippen molar-refractivity contribution in [2.45, 2.75) is 82.4 Å². The zero-order valence-corrected chi connectivity index (χ0v) is 13.8. The van der Waals surface area contributed by atoms with Gasteiger partial charge in [-0.25, -0.2) is 0 Å². The van der Waals surface area contributed by atoms with Crippen LogP contribution >= 0.6 is 0 Å². The van der Waals surface area contributed by atoms with E-state index in [1.54, 1.807) is 0 Å². The number of hydrogen-bond donors (Lipinski definition) is 4. The summed E-state index contributed by atoms with van der Waals surface area (Å²) >= 11 is 0. The summed E-state index contributed by atoms with van der Waals surface area (Å²) in [6, 6.07) is 0. The normalized spacial score (nSPS) is 31.6. The molecule has 23 heavy (non-hydrogen) atoms. The van der Waals surface area contributed by atoms with E-state index < -0.39 is 37.1 Å². The second kappa shape index (κ2) is 10.9. The SMILES string of the molecule is CCCCCCC/C=C/C(=O)C[C@@H]1OC(CO)[C@@H](O)[C@H](O)C1O. The predicted octanol–water partition coefficient (Wildman–Crippen LogP) is 0.705. The van der Waals surface area contributed by atoms with Crippen LogP contribution in [0.1, 0.15) is 51.9 Å². The van der Waals surface area contributed by atoms with Gasteiger partial charge in [-0.2, -0.15) is 0 Å². The van der Waals surface area contributed by atoms with Crippen molar-refractivity contribution in [1.29, 1.82) is 0 Å². The summed E-state index contributed by atoms with van der Waals surface area (Å²) in [4.78, 5) is 11.9. The minimum atomic E-state index is -1.43. The smallest absolute Gasteiger partial charge is 0.158 e. The lowest BCUT2D eigenvalue weighted by Crippen LogP contribution is -2.58. The number of allylic oxidation sites excluding steroid dienone is 2. The molecule has 0 aliphatic carbocycles. The average Bonchev–Trinajstić information content (AvgIpc) is 2.54. The number of hydrogen-bond acceptors (Lipinski definition) is 6. The van der Waals surface area contributed by atoms with Crippen molar-refractivity contribution < 1.29 is 30.0 Å². The van der Waals surface area contributed by atoms with Crippen LogP contribution < -0.4 is 0 Å². The molecule has 1 heterocycles. The van der Waals surface area contributed by atoms with Gasteiger partial charge in [0, 0.05) is 6.42 Å². The molecule has 0 spiro atoms. The minimum Gasteiger partial charge on any atom is -0.394 e. The molecule has 134 valence electrons. The number of aliphatic hydroxyl groups excluding tert-OH is 4. The molecule has 6 heteroatoms. The third-order valence-electron chi connectivity index (χ3n) is 4.17.